The molecule has 0 aliphatic rings. The van der Waals surface area contributed by atoms with Crippen LogP contribution in [0.1, 0.15) is 0 Å². The van der Waals surface area contributed by atoms with E-state index in [1.54, 1.807) is 0 Å². The maximum absolute atomic E-state index is 8.40. The van der Waals surface area contributed by atoms with Gasteiger partial charge in [-0.1, -0.05) is 0 Å². The summed E-state index contributed by atoms with van der Waals surface area (Å²) in [6, 6.07) is 0. The minimum absolute atomic E-state index is 0.127. The molecule has 1 N–H and O–H groups in total. The van der Waals surface area contributed by atoms with Gasteiger partial charge in [0.1, 0.15) is 0 Å². The van der Waals surface area contributed by atoms with Gasteiger partial charge in [0, 0.05) is 18.1 Å². The number of nitrogens with zero attached hydrogens (tertiary/aromatic N) is 1. The molecule has 0 saturated carbocycles. The number of rotatable bonds is 8. The molecule has 12 heavy (non-hydrogen) atoms. The monoisotopic (exact) mass is 193 g/mol. The minimum atomic E-state index is 0.127. The van der Waals surface area contributed by atoms with E-state index in [1.807, 2.05) is 11.8 Å². The lowest BCUT2D eigenvalue weighted by atomic mass is 10.7. The van der Waals surface area contributed by atoms with Gasteiger partial charge in [-0.15, -0.1) is 0 Å². The molecule has 0 aliphatic heterocycles. The molecule has 0 amide bonds. The molecule has 0 bridgehead atoms. The van der Waals surface area contributed by atoms with E-state index < -0.39 is 0 Å². The number of hydrogen-bond acceptors (Lipinski definition) is 4. The summed E-state index contributed by atoms with van der Waals surface area (Å²) in [5.74, 6) is 2.17. The molecular weight excluding hydrogens is 174 g/mol. The standard InChI is InChI=1S/C8H19NO2S/c1-9(2)3-7-12-8-6-11-5-4-10/h10H,3-8H2,1-2H3. The van der Waals surface area contributed by atoms with Gasteiger partial charge < -0.3 is 14.7 Å². The van der Waals surface area contributed by atoms with E-state index in [2.05, 4.69) is 19.0 Å². The minimum Gasteiger partial charge on any atom is -0.394 e. The van der Waals surface area contributed by atoms with Crippen molar-refractivity contribution in [2.24, 2.45) is 0 Å². The number of aliphatic hydroxyl groups excluding tert-OH is 1. The highest BCUT2D eigenvalue weighted by Gasteiger charge is 1.91. The van der Waals surface area contributed by atoms with Gasteiger partial charge in [0.25, 0.3) is 0 Å². The van der Waals surface area contributed by atoms with Crippen molar-refractivity contribution in [3.63, 3.8) is 0 Å². The van der Waals surface area contributed by atoms with Crippen molar-refractivity contribution in [1.82, 2.24) is 4.90 Å². The summed E-state index contributed by atoms with van der Waals surface area (Å²) in [5, 5.41) is 8.40. The third-order valence-corrected chi connectivity index (χ3v) is 2.22. The van der Waals surface area contributed by atoms with Crippen molar-refractivity contribution < 1.29 is 9.84 Å². The van der Waals surface area contributed by atoms with Gasteiger partial charge in [-0.05, 0) is 14.1 Å². The zero-order valence-electron chi connectivity index (χ0n) is 7.95. The third-order valence-electron chi connectivity index (χ3n) is 1.29. The van der Waals surface area contributed by atoms with Crippen molar-refractivity contribution in [3.8, 4) is 0 Å². The Balaban J connectivity index is 2.82. The van der Waals surface area contributed by atoms with Gasteiger partial charge in [0.15, 0.2) is 0 Å². The highest BCUT2D eigenvalue weighted by atomic mass is 32.2. The molecule has 0 spiro atoms. The van der Waals surface area contributed by atoms with Crippen LogP contribution in [0, 0.1) is 0 Å². The Labute approximate surface area is 79.1 Å². The van der Waals surface area contributed by atoms with Crippen LogP contribution in [0.15, 0.2) is 0 Å². The molecule has 74 valence electrons. The Morgan fingerprint density at radius 3 is 2.58 bits per heavy atom. The van der Waals surface area contributed by atoms with Crippen molar-refractivity contribution >= 4 is 11.8 Å². The molecule has 0 aliphatic carbocycles. The Morgan fingerprint density at radius 1 is 1.25 bits per heavy atom. The summed E-state index contributed by atoms with van der Waals surface area (Å²) in [5.41, 5.74) is 0. The lowest BCUT2D eigenvalue weighted by Gasteiger charge is -2.08. The topological polar surface area (TPSA) is 32.7 Å². The summed E-state index contributed by atoms with van der Waals surface area (Å²) in [4.78, 5) is 2.17. The quantitative estimate of drug-likeness (QED) is 0.562. The highest BCUT2D eigenvalue weighted by molar-refractivity contribution is 7.99. The zero-order chi connectivity index (χ0) is 9.23. The maximum atomic E-state index is 8.40. The van der Waals surface area contributed by atoms with Crippen LogP contribution in [0.5, 0.6) is 0 Å². The van der Waals surface area contributed by atoms with Crippen molar-refractivity contribution in [3.05, 3.63) is 0 Å². The molecule has 0 aromatic carbocycles. The van der Waals surface area contributed by atoms with Crippen LogP contribution in [0.2, 0.25) is 0 Å². The second kappa shape index (κ2) is 9.32. The van der Waals surface area contributed by atoms with Gasteiger partial charge >= 0.3 is 0 Å². The Morgan fingerprint density at radius 2 is 2.00 bits per heavy atom. The SMILES string of the molecule is CN(C)CCSCCOCCO. The molecular formula is C8H19NO2S. The summed E-state index contributed by atoms with van der Waals surface area (Å²) in [7, 11) is 4.14. The molecule has 0 radical (unpaired) electrons. The fourth-order valence-corrected chi connectivity index (χ4v) is 1.57. The normalized spacial score (nSPS) is 11.0. The summed E-state index contributed by atoms with van der Waals surface area (Å²) >= 11 is 1.88. The van der Waals surface area contributed by atoms with Crippen LogP contribution in [-0.4, -0.2) is 62.0 Å². The van der Waals surface area contributed by atoms with Crippen molar-refractivity contribution in [2.45, 2.75) is 0 Å². The Bertz CT molecular complexity index is 91.1. The van der Waals surface area contributed by atoms with E-state index in [4.69, 9.17) is 9.84 Å². The smallest absolute Gasteiger partial charge is 0.0698 e. The van der Waals surface area contributed by atoms with Gasteiger partial charge in [-0.25, -0.2) is 0 Å². The Kier molecular flexibility index (Phi) is 9.50. The van der Waals surface area contributed by atoms with Crippen molar-refractivity contribution in [2.75, 3.05) is 52.0 Å². The fraction of sp³-hybridized carbons (Fsp3) is 1.00. The van der Waals surface area contributed by atoms with E-state index in [0.717, 1.165) is 24.7 Å². The average molecular weight is 193 g/mol. The van der Waals surface area contributed by atoms with Crippen LogP contribution < -0.4 is 0 Å². The summed E-state index contributed by atoms with van der Waals surface area (Å²) in [6.07, 6.45) is 0. The van der Waals surface area contributed by atoms with Crippen LogP contribution in [0.25, 0.3) is 0 Å². The first kappa shape index (κ1) is 12.2. The second-order valence-electron chi connectivity index (χ2n) is 2.75. The van der Waals surface area contributed by atoms with Crippen LogP contribution >= 0.6 is 11.8 Å². The van der Waals surface area contributed by atoms with E-state index in [0.29, 0.717) is 6.61 Å². The zero-order valence-corrected chi connectivity index (χ0v) is 8.77. The van der Waals surface area contributed by atoms with Gasteiger partial charge in [0.2, 0.25) is 0 Å². The first-order chi connectivity index (χ1) is 5.77. The molecule has 0 fully saturated rings. The molecule has 0 heterocycles. The number of aliphatic hydroxyl groups is 1. The third kappa shape index (κ3) is 10.2. The van der Waals surface area contributed by atoms with Crippen LogP contribution in [0.3, 0.4) is 0 Å². The molecule has 0 aromatic rings. The number of thioether (sulfide) groups is 1. The lowest BCUT2D eigenvalue weighted by molar-refractivity contribution is 0.103. The predicted octanol–water partition coefficient (Wildman–Crippen LogP) is 0.290. The van der Waals surface area contributed by atoms with Gasteiger partial charge in [-0.3, -0.25) is 0 Å². The molecule has 0 unspecified atom stereocenters. The second-order valence-corrected chi connectivity index (χ2v) is 3.98. The fourth-order valence-electron chi connectivity index (χ4n) is 0.634. The largest absolute Gasteiger partial charge is 0.394 e. The maximum Gasteiger partial charge on any atom is 0.0698 e. The van der Waals surface area contributed by atoms with Crippen LogP contribution in [0.4, 0.5) is 0 Å². The number of ether oxygens (including phenoxy) is 1. The van der Waals surface area contributed by atoms with E-state index in [1.165, 1.54) is 0 Å². The first-order valence-corrected chi connectivity index (χ1v) is 5.34. The van der Waals surface area contributed by atoms with E-state index in [-0.39, 0.29) is 6.61 Å². The van der Waals surface area contributed by atoms with E-state index in [9.17, 15) is 0 Å². The molecule has 0 rings (SSSR count). The van der Waals surface area contributed by atoms with Crippen molar-refractivity contribution in [1.29, 1.82) is 0 Å². The molecule has 3 nitrogen and oxygen atoms in total. The average Bonchev–Trinajstić information content (AvgIpc) is 2.02. The lowest BCUT2D eigenvalue weighted by Crippen LogP contribution is -2.15. The summed E-state index contributed by atoms with van der Waals surface area (Å²) in [6.45, 7) is 2.46. The van der Waals surface area contributed by atoms with E-state index >= 15 is 0 Å². The van der Waals surface area contributed by atoms with Gasteiger partial charge in [0.05, 0.1) is 19.8 Å². The van der Waals surface area contributed by atoms with Gasteiger partial charge in [-0.2, -0.15) is 11.8 Å². The molecule has 4 heteroatoms. The highest BCUT2D eigenvalue weighted by Crippen LogP contribution is 1.98. The Hall–Kier alpha value is 0.230. The summed E-state index contributed by atoms with van der Waals surface area (Å²) < 4.78 is 5.11. The molecule has 0 aromatic heterocycles. The number of hydrogen-bond donors (Lipinski definition) is 1. The van der Waals surface area contributed by atoms with Crippen LogP contribution in [-0.2, 0) is 4.74 Å². The first-order valence-electron chi connectivity index (χ1n) is 4.18. The molecule has 0 saturated heterocycles. The molecule has 0 atom stereocenters. The predicted molar refractivity (Wildman–Crippen MR) is 53.8 cm³/mol.